The molecule has 1 aromatic rings. The molecule has 0 aliphatic heterocycles. The Morgan fingerprint density at radius 2 is 2.20 bits per heavy atom. The van der Waals surface area contributed by atoms with E-state index in [9.17, 15) is 0 Å². The minimum atomic E-state index is 0.606. The molecule has 114 valence electrons. The zero-order valence-corrected chi connectivity index (χ0v) is 14.0. The minimum absolute atomic E-state index is 0.606. The molecule has 0 spiro atoms. The summed E-state index contributed by atoms with van der Waals surface area (Å²) in [4.78, 5) is 7.90. The van der Waals surface area contributed by atoms with Gasteiger partial charge in [-0.25, -0.2) is 0 Å². The van der Waals surface area contributed by atoms with Gasteiger partial charge >= 0.3 is 0 Å². The standard InChI is InChI=1S/C15H28N4S/c1-13(11-14-7-5-10-20-14)12-18-15(16-2)17-8-6-9-19(3)4/h5,7,10,13H,6,8-9,11-12H2,1-4H3,(H2,16,17,18). The van der Waals surface area contributed by atoms with Crippen LogP contribution < -0.4 is 10.6 Å². The molecule has 0 saturated carbocycles. The molecule has 0 amide bonds. The summed E-state index contributed by atoms with van der Waals surface area (Å²) in [6, 6.07) is 4.32. The molecule has 1 unspecified atom stereocenters. The van der Waals surface area contributed by atoms with E-state index in [2.05, 4.69) is 59.1 Å². The molecule has 0 aliphatic carbocycles. The molecule has 4 nitrogen and oxygen atoms in total. The SMILES string of the molecule is CN=C(NCCCN(C)C)NCC(C)Cc1cccs1. The summed E-state index contributed by atoms with van der Waals surface area (Å²) in [7, 11) is 6.02. The zero-order valence-electron chi connectivity index (χ0n) is 13.1. The predicted molar refractivity (Wildman–Crippen MR) is 89.7 cm³/mol. The highest BCUT2D eigenvalue weighted by atomic mass is 32.1. The third-order valence-corrected chi connectivity index (χ3v) is 3.94. The molecule has 0 aromatic carbocycles. The number of thiophene rings is 1. The molecule has 20 heavy (non-hydrogen) atoms. The van der Waals surface area contributed by atoms with Crippen molar-refractivity contribution in [2.24, 2.45) is 10.9 Å². The molecule has 1 heterocycles. The smallest absolute Gasteiger partial charge is 0.190 e. The molecule has 5 heteroatoms. The first-order chi connectivity index (χ1) is 9.61. The third kappa shape index (κ3) is 7.50. The molecule has 0 fully saturated rings. The summed E-state index contributed by atoms with van der Waals surface area (Å²) in [6.45, 7) is 5.27. The molecule has 0 saturated heterocycles. The van der Waals surface area contributed by atoms with E-state index in [4.69, 9.17) is 0 Å². The molecular formula is C15H28N4S. The van der Waals surface area contributed by atoms with Crippen molar-refractivity contribution in [3.63, 3.8) is 0 Å². The first-order valence-corrected chi connectivity index (χ1v) is 8.11. The molecular weight excluding hydrogens is 268 g/mol. The lowest BCUT2D eigenvalue weighted by atomic mass is 10.1. The highest BCUT2D eigenvalue weighted by Gasteiger charge is 2.05. The Morgan fingerprint density at radius 1 is 1.40 bits per heavy atom. The first kappa shape index (κ1) is 17.0. The maximum atomic E-state index is 4.26. The van der Waals surface area contributed by atoms with Crippen molar-refractivity contribution in [1.82, 2.24) is 15.5 Å². The highest BCUT2D eigenvalue weighted by Crippen LogP contribution is 2.13. The van der Waals surface area contributed by atoms with Gasteiger partial charge in [0.2, 0.25) is 0 Å². The van der Waals surface area contributed by atoms with Crippen LogP contribution in [0.2, 0.25) is 0 Å². The fourth-order valence-corrected chi connectivity index (χ4v) is 2.81. The summed E-state index contributed by atoms with van der Waals surface area (Å²) in [5.41, 5.74) is 0. The summed E-state index contributed by atoms with van der Waals surface area (Å²) in [6.07, 6.45) is 2.25. The second-order valence-electron chi connectivity index (χ2n) is 5.43. The van der Waals surface area contributed by atoms with Crippen LogP contribution in [0.25, 0.3) is 0 Å². The summed E-state index contributed by atoms with van der Waals surface area (Å²) < 4.78 is 0. The molecule has 0 radical (unpaired) electrons. The second-order valence-corrected chi connectivity index (χ2v) is 6.46. The Labute approximate surface area is 127 Å². The van der Waals surface area contributed by atoms with Crippen molar-refractivity contribution in [2.45, 2.75) is 19.8 Å². The molecule has 0 aliphatic rings. The van der Waals surface area contributed by atoms with Gasteiger partial charge in [0.05, 0.1) is 0 Å². The van der Waals surface area contributed by atoms with Crippen LogP contribution in [0.4, 0.5) is 0 Å². The van der Waals surface area contributed by atoms with Crippen molar-refractivity contribution < 1.29 is 0 Å². The Morgan fingerprint density at radius 3 is 2.80 bits per heavy atom. The van der Waals surface area contributed by atoms with Crippen LogP contribution in [0.15, 0.2) is 22.5 Å². The van der Waals surface area contributed by atoms with Gasteiger partial charge < -0.3 is 15.5 Å². The van der Waals surface area contributed by atoms with Crippen molar-refractivity contribution >= 4 is 17.3 Å². The second kappa shape index (κ2) is 9.77. The number of hydrogen-bond donors (Lipinski definition) is 2. The van der Waals surface area contributed by atoms with Crippen molar-refractivity contribution in [3.05, 3.63) is 22.4 Å². The topological polar surface area (TPSA) is 39.7 Å². The van der Waals surface area contributed by atoms with E-state index in [1.54, 1.807) is 0 Å². The minimum Gasteiger partial charge on any atom is -0.356 e. The van der Waals surface area contributed by atoms with Crippen LogP contribution in [0.5, 0.6) is 0 Å². The Kier molecular flexibility index (Phi) is 8.30. The van der Waals surface area contributed by atoms with Crippen molar-refractivity contribution in [3.8, 4) is 0 Å². The van der Waals surface area contributed by atoms with Gasteiger partial charge in [0, 0.05) is 25.0 Å². The Balaban J connectivity index is 2.17. The van der Waals surface area contributed by atoms with Crippen molar-refractivity contribution in [2.75, 3.05) is 40.8 Å². The average Bonchev–Trinajstić information content (AvgIpc) is 2.90. The molecule has 2 N–H and O–H groups in total. The van der Waals surface area contributed by atoms with E-state index in [1.807, 2.05) is 18.4 Å². The molecule has 1 rings (SSSR count). The molecule has 0 bridgehead atoms. The van der Waals surface area contributed by atoms with Crippen LogP contribution in [0.1, 0.15) is 18.2 Å². The number of hydrogen-bond acceptors (Lipinski definition) is 3. The number of nitrogens with one attached hydrogen (secondary N) is 2. The monoisotopic (exact) mass is 296 g/mol. The predicted octanol–water partition coefficient (Wildman–Crippen LogP) is 2.04. The van der Waals surface area contributed by atoms with E-state index < -0.39 is 0 Å². The van der Waals surface area contributed by atoms with E-state index in [0.29, 0.717) is 5.92 Å². The summed E-state index contributed by atoms with van der Waals surface area (Å²) >= 11 is 1.83. The lowest BCUT2D eigenvalue weighted by Crippen LogP contribution is -2.40. The number of nitrogens with zero attached hydrogens (tertiary/aromatic N) is 2. The average molecular weight is 296 g/mol. The van der Waals surface area contributed by atoms with E-state index in [1.165, 1.54) is 4.88 Å². The fraction of sp³-hybridized carbons (Fsp3) is 0.667. The van der Waals surface area contributed by atoms with Gasteiger partial charge in [-0.05, 0) is 50.8 Å². The quantitative estimate of drug-likeness (QED) is 0.438. The Hall–Kier alpha value is -1.07. The fourth-order valence-electron chi connectivity index (χ4n) is 1.94. The van der Waals surface area contributed by atoms with Crippen molar-refractivity contribution in [1.29, 1.82) is 0 Å². The van der Waals surface area contributed by atoms with Crippen LogP contribution in [-0.4, -0.2) is 51.6 Å². The van der Waals surface area contributed by atoms with Gasteiger partial charge in [-0.3, -0.25) is 4.99 Å². The normalized spacial score (nSPS) is 13.6. The van der Waals surface area contributed by atoms with Crippen LogP contribution >= 0.6 is 11.3 Å². The van der Waals surface area contributed by atoms with Gasteiger partial charge in [0.1, 0.15) is 0 Å². The van der Waals surface area contributed by atoms with Crippen LogP contribution in [0, 0.1) is 5.92 Å². The van der Waals surface area contributed by atoms with Gasteiger partial charge in [-0.2, -0.15) is 0 Å². The summed E-state index contributed by atoms with van der Waals surface area (Å²) in [5.74, 6) is 1.51. The van der Waals surface area contributed by atoms with Gasteiger partial charge in [-0.1, -0.05) is 13.0 Å². The molecule has 1 aromatic heterocycles. The Bertz CT molecular complexity index is 373. The summed E-state index contributed by atoms with van der Waals surface area (Å²) in [5, 5.41) is 8.89. The molecule has 1 atom stereocenters. The van der Waals surface area contributed by atoms with Gasteiger partial charge in [0.15, 0.2) is 5.96 Å². The van der Waals surface area contributed by atoms with Crippen LogP contribution in [-0.2, 0) is 6.42 Å². The lowest BCUT2D eigenvalue weighted by Gasteiger charge is -2.16. The largest absolute Gasteiger partial charge is 0.356 e. The number of guanidine groups is 1. The van der Waals surface area contributed by atoms with E-state index in [0.717, 1.165) is 38.4 Å². The lowest BCUT2D eigenvalue weighted by molar-refractivity contribution is 0.399. The van der Waals surface area contributed by atoms with E-state index >= 15 is 0 Å². The number of rotatable bonds is 8. The zero-order chi connectivity index (χ0) is 14.8. The first-order valence-electron chi connectivity index (χ1n) is 7.23. The maximum absolute atomic E-state index is 4.26. The number of aliphatic imine (C=N–C) groups is 1. The van der Waals surface area contributed by atoms with Crippen LogP contribution in [0.3, 0.4) is 0 Å². The third-order valence-electron chi connectivity index (χ3n) is 3.05. The van der Waals surface area contributed by atoms with Gasteiger partial charge in [-0.15, -0.1) is 11.3 Å². The van der Waals surface area contributed by atoms with Gasteiger partial charge in [0.25, 0.3) is 0 Å². The highest BCUT2D eigenvalue weighted by molar-refractivity contribution is 7.09. The van der Waals surface area contributed by atoms with E-state index in [-0.39, 0.29) is 0 Å². The maximum Gasteiger partial charge on any atom is 0.190 e.